The Balaban J connectivity index is 3.49. The fourth-order valence-electron chi connectivity index (χ4n) is 1.85. The summed E-state index contributed by atoms with van der Waals surface area (Å²) in [7, 11) is -3.10. The van der Waals surface area contributed by atoms with Gasteiger partial charge in [-0.1, -0.05) is 32.9 Å². The van der Waals surface area contributed by atoms with Gasteiger partial charge in [0.05, 0.1) is 4.90 Å². The van der Waals surface area contributed by atoms with E-state index in [1.165, 1.54) is 6.26 Å². The van der Waals surface area contributed by atoms with Gasteiger partial charge in [0.1, 0.15) is 0 Å². The molecule has 0 atom stereocenters. The molecule has 0 radical (unpaired) electrons. The van der Waals surface area contributed by atoms with Gasteiger partial charge in [-0.05, 0) is 29.5 Å². The minimum Gasteiger partial charge on any atom is -0.224 e. The summed E-state index contributed by atoms with van der Waals surface area (Å²) < 4.78 is 23.2. The maximum absolute atomic E-state index is 11.6. The zero-order valence-corrected chi connectivity index (χ0v) is 10.6. The van der Waals surface area contributed by atoms with Crippen LogP contribution < -0.4 is 0 Å². The first-order valence-corrected chi connectivity index (χ1v) is 7.09. The molecule has 2 nitrogen and oxygen atoms in total. The highest BCUT2D eigenvalue weighted by Crippen LogP contribution is 2.26. The molecule has 0 spiro atoms. The predicted octanol–water partition coefficient (Wildman–Crippen LogP) is 2.78. The minimum absolute atomic E-state index is 0.363. The van der Waals surface area contributed by atoms with Crippen LogP contribution in [0.4, 0.5) is 0 Å². The highest BCUT2D eigenvalue weighted by Gasteiger charge is 2.16. The summed E-state index contributed by atoms with van der Waals surface area (Å²) >= 11 is 0. The van der Waals surface area contributed by atoms with Crippen LogP contribution >= 0.6 is 0 Å². The molecule has 0 bridgehead atoms. The van der Waals surface area contributed by atoms with E-state index in [0.717, 1.165) is 17.5 Å². The standard InChI is InChI=1S/C12H18O2S/c1-5-10-11(9(2)3)7-6-8-12(10)15(4,13)14/h6-9H,5H2,1-4H3. The van der Waals surface area contributed by atoms with Gasteiger partial charge in [-0.25, -0.2) is 8.42 Å². The molecule has 1 rings (SSSR count). The summed E-state index contributed by atoms with van der Waals surface area (Å²) in [6.07, 6.45) is 2.03. The third-order valence-corrected chi connectivity index (χ3v) is 3.73. The lowest BCUT2D eigenvalue weighted by atomic mass is 9.96. The van der Waals surface area contributed by atoms with Gasteiger partial charge in [0, 0.05) is 6.26 Å². The summed E-state index contributed by atoms with van der Waals surface area (Å²) in [5.74, 6) is 0.363. The molecular weight excluding hydrogens is 208 g/mol. The lowest BCUT2D eigenvalue weighted by Crippen LogP contribution is -2.05. The van der Waals surface area contributed by atoms with Gasteiger partial charge in [0.25, 0.3) is 0 Å². The summed E-state index contributed by atoms with van der Waals surface area (Å²) in [5.41, 5.74) is 2.11. The van der Waals surface area contributed by atoms with Crippen molar-refractivity contribution in [2.75, 3.05) is 6.26 Å². The van der Waals surface area contributed by atoms with E-state index in [9.17, 15) is 8.42 Å². The zero-order chi connectivity index (χ0) is 11.6. The predicted molar refractivity (Wildman–Crippen MR) is 63.0 cm³/mol. The highest BCUT2D eigenvalue weighted by atomic mass is 32.2. The van der Waals surface area contributed by atoms with Crippen molar-refractivity contribution in [3.8, 4) is 0 Å². The van der Waals surface area contributed by atoms with Gasteiger partial charge >= 0.3 is 0 Å². The number of rotatable bonds is 3. The van der Waals surface area contributed by atoms with E-state index in [2.05, 4.69) is 13.8 Å². The number of benzene rings is 1. The number of hydrogen-bond acceptors (Lipinski definition) is 2. The molecule has 84 valence electrons. The Bertz CT molecular complexity index is 445. The molecule has 0 aliphatic heterocycles. The monoisotopic (exact) mass is 226 g/mol. The largest absolute Gasteiger partial charge is 0.224 e. The fraction of sp³-hybridized carbons (Fsp3) is 0.500. The topological polar surface area (TPSA) is 34.1 Å². The SMILES string of the molecule is CCc1c(C(C)C)cccc1S(C)(=O)=O. The molecule has 0 amide bonds. The fourth-order valence-corrected chi connectivity index (χ4v) is 2.88. The van der Waals surface area contributed by atoms with Crippen LogP contribution in [0.3, 0.4) is 0 Å². The summed E-state index contributed by atoms with van der Waals surface area (Å²) in [6, 6.07) is 5.53. The molecular formula is C12H18O2S. The molecule has 0 unspecified atom stereocenters. The van der Waals surface area contributed by atoms with Crippen LogP contribution in [0.5, 0.6) is 0 Å². The van der Waals surface area contributed by atoms with E-state index in [0.29, 0.717) is 10.8 Å². The molecule has 0 fully saturated rings. The van der Waals surface area contributed by atoms with Crippen molar-refractivity contribution in [3.05, 3.63) is 29.3 Å². The van der Waals surface area contributed by atoms with Gasteiger partial charge in [-0.15, -0.1) is 0 Å². The summed E-state index contributed by atoms with van der Waals surface area (Å²) in [6.45, 7) is 6.16. The molecule has 0 aliphatic rings. The first-order chi connectivity index (χ1) is 6.88. The Morgan fingerprint density at radius 3 is 2.27 bits per heavy atom. The Morgan fingerprint density at radius 2 is 1.87 bits per heavy atom. The molecule has 1 aromatic rings. The molecule has 3 heteroatoms. The molecule has 0 aromatic heterocycles. The van der Waals surface area contributed by atoms with Crippen LogP contribution in [0.25, 0.3) is 0 Å². The van der Waals surface area contributed by atoms with E-state index >= 15 is 0 Å². The van der Waals surface area contributed by atoms with Gasteiger partial charge in [0.15, 0.2) is 9.84 Å². The third-order valence-electron chi connectivity index (χ3n) is 2.54. The van der Waals surface area contributed by atoms with Crippen molar-refractivity contribution in [2.24, 2.45) is 0 Å². The van der Waals surface area contributed by atoms with Crippen LogP contribution in [-0.4, -0.2) is 14.7 Å². The van der Waals surface area contributed by atoms with Crippen LogP contribution in [0.15, 0.2) is 23.1 Å². The lowest BCUT2D eigenvalue weighted by molar-refractivity contribution is 0.600. The first kappa shape index (κ1) is 12.2. The second-order valence-corrected chi connectivity index (χ2v) is 6.09. The second kappa shape index (κ2) is 4.35. The van der Waals surface area contributed by atoms with E-state index in [1.54, 1.807) is 6.07 Å². The normalized spacial score (nSPS) is 12.1. The van der Waals surface area contributed by atoms with Crippen molar-refractivity contribution in [1.82, 2.24) is 0 Å². The quantitative estimate of drug-likeness (QED) is 0.794. The van der Waals surface area contributed by atoms with Gasteiger partial charge < -0.3 is 0 Å². The van der Waals surface area contributed by atoms with Crippen molar-refractivity contribution in [1.29, 1.82) is 0 Å². The van der Waals surface area contributed by atoms with Crippen molar-refractivity contribution in [3.63, 3.8) is 0 Å². The van der Waals surface area contributed by atoms with Gasteiger partial charge in [-0.2, -0.15) is 0 Å². The average molecular weight is 226 g/mol. The smallest absolute Gasteiger partial charge is 0.175 e. The molecule has 0 heterocycles. The summed E-state index contributed by atoms with van der Waals surface area (Å²) in [4.78, 5) is 0.483. The Morgan fingerprint density at radius 1 is 1.27 bits per heavy atom. The van der Waals surface area contributed by atoms with Crippen molar-refractivity contribution >= 4 is 9.84 Å². The third kappa shape index (κ3) is 2.59. The molecule has 15 heavy (non-hydrogen) atoms. The molecule has 0 saturated heterocycles. The highest BCUT2D eigenvalue weighted by molar-refractivity contribution is 7.90. The molecule has 0 saturated carbocycles. The van der Waals surface area contributed by atoms with Crippen molar-refractivity contribution < 1.29 is 8.42 Å². The maximum atomic E-state index is 11.6. The zero-order valence-electron chi connectivity index (χ0n) is 9.74. The minimum atomic E-state index is -3.10. The van der Waals surface area contributed by atoms with Gasteiger partial charge in [0.2, 0.25) is 0 Å². The van der Waals surface area contributed by atoms with Crippen LogP contribution in [-0.2, 0) is 16.3 Å². The Kier molecular flexibility index (Phi) is 3.55. The van der Waals surface area contributed by atoms with Crippen molar-refractivity contribution in [2.45, 2.75) is 38.0 Å². The Labute approximate surface area is 92.2 Å². The number of sulfone groups is 1. The van der Waals surface area contributed by atoms with Crippen LogP contribution in [0.1, 0.15) is 37.8 Å². The molecule has 0 N–H and O–H groups in total. The van der Waals surface area contributed by atoms with Crippen LogP contribution in [0.2, 0.25) is 0 Å². The van der Waals surface area contributed by atoms with E-state index in [1.807, 2.05) is 19.1 Å². The van der Waals surface area contributed by atoms with E-state index < -0.39 is 9.84 Å². The average Bonchev–Trinajstić information content (AvgIpc) is 2.15. The first-order valence-electron chi connectivity index (χ1n) is 5.19. The maximum Gasteiger partial charge on any atom is 0.175 e. The lowest BCUT2D eigenvalue weighted by Gasteiger charge is -2.14. The second-order valence-electron chi connectivity index (χ2n) is 4.10. The molecule has 0 aliphatic carbocycles. The van der Waals surface area contributed by atoms with Crippen LogP contribution in [0, 0.1) is 0 Å². The Hall–Kier alpha value is -0.830. The summed E-state index contributed by atoms with van der Waals surface area (Å²) in [5, 5.41) is 0. The van der Waals surface area contributed by atoms with Gasteiger partial charge in [-0.3, -0.25) is 0 Å². The number of hydrogen-bond donors (Lipinski definition) is 0. The van der Waals surface area contributed by atoms with E-state index in [-0.39, 0.29) is 0 Å². The van der Waals surface area contributed by atoms with E-state index in [4.69, 9.17) is 0 Å². The molecule has 1 aromatic carbocycles.